The maximum Gasteiger partial charge on any atom is 0.403 e. The summed E-state index contributed by atoms with van der Waals surface area (Å²) >= 11 is 0. The molecule has 1 aromatic heterocycles. The van der Waals surface area contributed by atoms with Crippen molar-refractivity contribution in [2.45, 2.75) is 63.3 Å². The Labute approximate surface area is 268 Å². The zero-order valence-electron chi connectivity index (χ0n) is 26.2. The summed E-state index contributed by atoms with van der Waals surface area (Å²) in [5.41, 5.74) is 1.21. The van der Waals surface area contributed by atoms with Crippen LogP contribution in [0.25, 0.3) is 22.0 Å². The number of hydrogen-bond acceptors (Lipinski definition) is 5. The maximum atomic E-state index is 14.3. The highest BCUT2D eigenvalue weighted by Crippen LogP contribution is 2.47. The molecule has 2 aromatic carbocycles. The normalized spacial score (nSPS) is 20.2. The van der Waals surface area contributed by atoms with Gasteiger partial charge in [-0.3, -0.25) is 14.7 Å². The van der Waals surface area contributed by atoms with Crippen molar-refractivity contribution < 1.29 is 41.0 Å². The summed E-state index contributed by atoms with van der Waals surface area (Å²) in [5, 5.41) is 13.5. The van der Waals surface area contributed by atoms with Gasteiger partial charge in [0.2, 0.25) is 5.91 Å². The Hall–Kier alpha value is -3.71. The minimum atomic E-state index is -5.09. The number of likely N-dealkylation sites (N-methyl/N-ethyl adjacent to an activating group) is 1. The fourth-order valence-corrected chi connectivity index (χ4v) is 7.00. The molecule has 2 aliphatic heterocycles. The number of rotatable bonds is 8. The molecule has 2 saturated heterocycles. The van der Waals surface area contributed by atoms with E-state index in [-0.39, 0.29) is 6.42 Å². The molecule has 7 nitrogen and oxygen atoms in total. The van der Waals surface area contributed by atoms with Crippen molar-refractivity contribution in [2.75, 3.05) is 39.8 Å². The molecule has 13 heteroatoms. The third-order valence-corrected chi connectivity index (χ3v) is 9.58. The van der Waals surface area contributed by atoms with Gasteiger partial charge in [-0.1, -0.05) is 42.5 Å². The molecule has 254 valence electrons. The van der Waals surface area contributed by atoms with Crippen LogP contribution in [0.4, 0.5) is 26.3 Å². The lowest BCUT2D eigenvalue weighted by Gasteiger charge is -2.42. The Bertz CT molecular complexity index is 1620. The number of piperidine rings is 2. The maximum absolute atomic E-state index is 14.3. The second kappa shape index (κ2) is 13.4. The number of hydrogen-bond donors (Lipinski definition) is 2. The molecule has 1 amide bonds. The second-order valence-corrected chi connectivity index (χ2v) is 12.9. The highest BCUT2D eigenvalue weighted by molar-refractivity contribution is 5.98. The van der Waals surface area contributed by atoms with E-state index in [2.05, 4.69) is 23.3 Å². The Morgan fingerprint density at radius 2 is 1.72 bits per heavy atom. The molecule has 3 aromatic rings. The molecule has 0 spiro atoms. The van der Waals surface area contributed by atoms with Gasteiger partial charge >= 0.3 is 18.3 Å². The zero-order valence-corrected chi connectivity index (χ0v) is 26.2. The van der Waals surface area contributed by atoms with Crippen molar-refractivity contribution in [3.05, 3.63) is 65.4 Å². The van der Waals surface area contributed by atoms with E-state index in [1.807, 2.05) is 25.3 Å². The minimum absolute atomic E-state index is 0.309. The van der Waals surface area contributed by atoms with E-state index in [4.69, 9.17) is 4.98 Å². The first-order valence-corrected chi connectivity index (χ1v) is 15.6. The van der Waals surface area contributed by atoms with Crippen molar-refractivity contribution >= 4 is 22.6 Å². The van der Waals surface area contributed by atoms with Crippen LogP contribution in [0.3, 0.4) is 0 Å². The van der Waals surface area contributed by atoms with Crippen molar-refractivity contribution in [3.8, 4) is 11.3 Å². The van der Waals surface area contributed by atoms with Gasteiger partial charge < -0.3 is 15.3 Å². The van der Waals surface area contributed by atoms with Gasteiger partial charge in [0.25, 0.3) is 0 Å². The number of likely N-dealkylation sites (tertiary alicyclic amines) is 2. The van der Waals surface area contributed by atoms with Gasteiger partial charge in [0.15, 0.2) is 0 Å². The molecule has 0 saturated carbocycles. The summed E-state index contributed by atoms with van der Waals surface area (Å²) in [4.78, 5) is 33.5. The zero-order chi connectivity index (χ0) is 34.1. The Morgan fingerprint density at radius 1 is 1.04 bits per heavy atom. The molecule has 3 heterocycles. The molecule has 2 fully saturated rings. The first-order chi connectivity index (χ1) is 22.1. The van der Waals surface area contributed by atoms with E-state index in [1.54, 1.807) is 24.3 Å². The number of fused-ring (bicyclic) bond motifs is 1. The fourth-order valence-electron chi connectivity index (χ4n) is 7.00. The highest BCUT2D eigenvalue weighted by Gasteiger charge is 2.61. The topological polar surface area (TPSA) is 85.8 Å². The number of amides is 1. The van der Waals surface area contributed by atoms with Gasteiger partial charge in [-0.2, -0.15) is 26.3 Å². The third kappa shape index (κ3) is 7.56. The summed E-state index contributed by atoms with van der Waals surface area (Å²) in [6.45, 7) is 1.41. The number of nitrogens with zero attached hydrogens (tertiary/aromatic N) is 3. The van der Waals surface area contributed by atoms with Crippen molar-refractivity contribution in [1.82, 2.24) is 20.1 Å². The number of alkyl halides is 6. The number of carbonyl (C=O) groups is 2. The van der Waals surface area contributed by atoms with E-state index in [1.165, 1.54) is 5.56 Å². The molecule has 5 rings (SSSR count). The van der Waals surface area contributed by atoms with Crippen LogP contribution in [0.15, 0.2) is 48.7 Å². The highest BCUT2D eigenvalue weighted by atomic mass is 19.4. The van der Waals surface area contributed by atoms with Crippen molar-refractivity contribution in [1.29, 1.82) is 0 Å². The van der Waals surface area contributed by atoms with E-state index in [0.717, 1.165) is 53.0 Å². The molecule has 2 atom stereocenters. The standard InChI is InChI=1S/C34H38F6N4O3/c1-21-16-24(23-7-5-13-43(2)19-23)18-41-29(21)27-10-4-8-25-22(6-3-9-26(25)27)17-28(30(45)46)42-31(47)32(34(38,39)40)11-14-44(15-12-32)20-33(35,36)37/h3-4,6,8-10,16,18,23,28H,5,7,11-15,17,19-20H2,1-2H3,(H,42,47)(H,45,46)/t23?,28-/m0/s1. The van der Waals surface area contributed by atoms with E-state index >= 15 is 0 Å². The summed E-state index contributed by atoms with van der Waals surface area (Å²) < 4.78 is 81.5. The quantitative estimate of drug-likeness (QED) is 0.274. The number of carboxylic acid groups (broad SMARTS) is 1. The molecule has 0 bridgehead atoms. The summed E-state index contributed by atoms with van der Waals surface area (Å²) in [6.07, 6.45) is -7.72. The predicted octanol–water partition coefficient (Wildman–Crippen LogP) is 6.34. The molecule has 2 N–H and O–H groups in total. The molecular formula is C34H38F6N4O3. The first-order valence-electron chi connectivity index (χ1n) is 15.6. The van der Waals surface area contributed by atoms with Crippen LogP contribution in [0.1, 0.15) is 48.3 Å². The SMILES string of the molecule is Cc1cc(C2CCCN(C)C2)cnc1-c1cccc2c(C[C@H](NC(=O)C3(C(F)(F)F)CCN(CC(F)(F)F)CC3)C(=O)O)cccc12. The predicted molar refractivity (Wildman–Crippen MR) is 165 cm³/mol. The van der Waals surface area contributed by atoms with Gasteiger partial charge in [0, 0.05) is 24.7 Å². The van der Waals surface area contributed by atoms with Crippen LogP contribution in [0.5, 0.6) is 0 Å². The number of nitrogens with one attached hydrogen (secondary N) is 1. The second-order valence-electron chi connectivity index (χ2n) is 12.9. The number of carboxylic acids is 1. The lowest BCUT2D eigenvalue weighted by Crippen LogP contribution is -2.59. The number of carbonyl (C=O) groups excluding carboxylic acids is 1. The monoisotopic (exact) mass is 664 g/mol. The Morgan fingerprint density at radius 3 is 2.34 bits per heavy atom. The largest absolute Gasteiger partial charge is 0.480 e. The Balaban J connectivity index is 1.39. The average Bonchev–Trinajstić information content (AvgIpc) is 2.99. The lowest BCUT2D eigenvalue weighted by molar-refractivity contribution is -0.236. The average molecular weight is 665 g/mol. The third-order valence-electron chi connectivity index (χ3n) is 9.58. The van der Waals surface area contributed by atoms with Crippen LogP contribution in [0, 0.1) is 12.3 Å². The molecule has 0 aliphatic carbocycles. The van der Waals surface area contributed by atoms with Crippen LogP contribution >= 0.6 is 0 Å². The molecule has 47 heavy (non-hydrogen) atoms. The molecule has 2 aliphatic rings. The summed E-state index contributed by atoms with van der Waals surface area (Å²) in [5.74, 6) is -2.69. The number of aryl methyl sites for hydroxylation is 1. The number of benzene rings is 2. The van der Waals surface area contributed by atoms with Crippen molar-refractivity contribution in [3.63, 3.8) is 0 Å². The van der Waals surface area contributed by atoms with Crippen LogP contribution in [-0.4, -0.2) is 89.9 Å². The summed E-state index contributed by atoms with van der Waals surface area (Å²) in [6, 6.07) is 11.2. The van der Waals surface area contributed by atoms with E-state index in [0.29, 0.717) is 16.9 Å². The van der Waals surface area contributed by atoms with Crippen LogP contribution in [0.2, 0.25) is 0 Å². The number of halogens is 6. The number of aromatic nitrogens is 1. The van der Waals surface area contributed by atoms with Crippen LogP contribution in [-0.2, 0) is 16.0 Å². The van der Waals surface area contributed by atoms with E-state index in [9.17, 15) is 41.0 Å². The van der Waals surface area contributed by atoms with Crippen LogP contribution < -0.4 is 5.32 Å². The van der Waals surface area contributed by atoms with Gasteiger partial charge in [-0.15, -0.1) is 0 Å². The Kier molecular flexibility index (Phi) is 9.89. The van der Waals surface area contributed by atoms with Gasteiger partial charge in [0.05, 0.1) is 12.2 Å². The molecule has 0 radical (unpaired) electrons. The molecule has 1 unspecified atom stereocenters. The number of aliphatic carboxylic acids is 1. The van der Waals surface area contributed by atoms with Gasteiger partial charge in [0.1, 0.15) is 11.5 Å². The summed E-state index contributed by atoms with van der Waals surface area (Å²) in [7, 11) is 2.11. The first kappa shape index (κ1) is 34.6. The van der Waals surface area contributed by atoms with Gasteiger partial charge in [-0.05, 0) is 92.7 Å². The fraction of sp³-hybridized carbons (Fsp3) is 0.500. The van der Waals surface area contributed by atoms with Gasteiger partial charge in [-0.25, -0.2) is 4.79 Å². The molecular weight excluding hydrogens is 626 g/mol. The lowest BCUT2D eigenvalue weighted by atomic mass is 9.76. The number of pyridine rings is 1. The van der Waals surface area contributed by atoms with E-state index < -0.39 is 68.2 Å². The minimum Gasteiger partial charge on any atom is -0.480 e. The smallest absolute Gasteiger partial charge is 0.403 e. The van der Waals surface area contributed by atoms with Crippen molar-refractivity contribution in [2.24, 2.45) is 5.41 Å².